The van der Waals surface area contributed by atoms with Crippen LogP contribution in [0.1, 0.15) is 23.2 Å². The van der Waals surface area contributed by atoms with Crippen LogP contribution < -0.4 is 0 Å². The van der Waals surface area contributed by atoms with Crippen LogP contribution in [0.3, 0.4) is 0 Å². The van der Waals surface area contributed by atoms with Gasteiger partial charge in [0.05, 0.1) is 12.2 Å². The van der Waals surface area contributed by atoms with E-state index in [1.165, 1.54) is 0 Å². The summed E-state index contributed by atoms with van der Waals surface area (Å²) in [5, 5.41) is 0. The highest BCUT2D eigenvalue weighted by atomic mass is 79.9. The molecule has 0 aromatic carbocycles. The van der Waals surface area contributed by atoms with Crippen LogP contribution in [-0.2, 0) is 4.74 Å². The van der Waals surface area contributed by atoms with Crippen LogP contribution in [0, 0.1) is 5.92 Å². The average molecular weight is 313 g/mol. The number of ether oxygens (including phenoxy) is 1. The fourth-order valence-electron chi connectivity index (χ4n) is 2.14. The molecule has 18 heavy (non-hydrogen) atoms. The molecule has 1 amide bonds. The fraction of sp³-hybridized carbons (Fsp3) is 0.538. The maximum absolute atomic E-state index is 12.2. The predicted octanol–water partition coefficient (Wildman–Crippen LogP) is 2.34. The summed E-state index contributed by atoms with van der Waals surface area (Å²) >= 11 is 3.26. The van der Waals surface area contributed by atoms with E-state index in [-0.39, 0.29) is 5.91 Å². The van der Waals surface area contributed by atoms with Crippen molar-refractivity contribution in [3.8, 4) is 0 Å². The second kappa shape index (κ2) is 6.29. The minimum absolute atomic E-state index is 0.0144. The average Bonchev–Trinajstić information content (AvgIpc) is 2.40. The number of aromatic nitrogens is 1. The van der Waals surface area contributed by atoms with Gasteiger partial charge in [0.2, 0.25) is 0 Å². The molecule has 1 saturated heterocycles. The van der Waals surface area contributed by atoms with E-state index < -0.39 is 0 Å². The van der Waals surface area contributed by atoms with Crippen molar-refractivity contribution in [3.63, 3.8) is 0 Å². The fourth-order valence-corrected chi connectivity index (χ4v) is 2.38. The number of halogens is 1. The second-order valence-corrected chi connectivity index (χ2v) is 5.45. The molecule has 0 bridgehead atoms. The predicted molar refractivity (Wildman–Crippen MR) is 72.4 cm³/mol. The molecule has 0 aliphatic carbocycles. The molecular formula is C13H17BrN2O2. The van der Waals surface area contributed by atoms with Crippen molar-refractivity contribution in [1.29, 1.82) is 0 Å². The maximum atomic E-state index is 12.2. The van der Waals surface area contributed by atoms with E-state index in [2.05, 4.69) is 20.9 Å². The van der Waals surface area contributed by atoms with Gasteiger partial charge in [-0.05, 0) is 46.8 Å². The first-order valence-corrected chi connectivity index (χ1v) is 6.91. The Bertz CT molecular complexity index is 402. The molecule has 1 aromatic heterocycles. The van der Waals surface area contributed by atoms with Crippen molar-refractivity contribution in [1.82, 2.24) is 9.88 Å². The summed E-state index contributed by atoms with van der Waals surface area (Å²) in [4.78, 5) is 18.0. The number of carbonyl (C=O) groups is 1. The first-order valence-electron chi connectivity index (χ1n) is 6.11. The molecule has 4 nitrogen and oxygen atoms in total. The lowest BCUT2D eigenvalue weighted by molar-refractivity contribution is 0.0388. The van der Waals surface area contributed by atoms with Crippen molar-refractivity contribution in [2.45, 2.75) is 12.8 Å². The van der Waals surface area contributed by atoms with E-state index in [0.717, 1.165) is 37.2 Å². The van der Waals surface area contributed by atoms with Crippen LogP contribution in [0.5, 0.6) is 0 Å². The van der Waals surface area contributed by atoms with Crippen LogP contribution in [0.25, 0.3) is 0 Å². The Labute approximate surface area is 115 Å². The lowest BCUT2D eigenvalue weighted by atomic mass is 10.0. The van der Waals surface area contributed by atoms with E-state index in [0.29, 0.717) is 11.5 Å². The van der Waals surface area contributed by atoms with Crippen molar-refractivity contribution < 1.29 is 9.53 Å². The number of nitrogens with zero attached hydrogens (tertiary/aromatic N) is 2. The highest BCUT2D eigenvalue weighted by molar-refractivity contribution is 9.10. The third-order valence-corrected chi connectivity index (χ3v) is 3.58. The third-order valence-electron chi connectivity index (χ3n) is 3.11. The van der Waals surface area contributed by atoms with Gasteiger partial charge in [-0.3, -0.25) is 4.79 Å². The molecule has 1 atom stereocenters. The number of carbonyl (C=O) groups excluding carboxylic acids is 1. The van der Waals surface area contributed by atoms with Gasteiger partial charge in [0, 0.05) is 26.4 Å². The summed E-state index contributed by atoms with van der Waals surface area (Å²) in [6.45, 7) is 2.36. The van der Waals surface area contributed by atoms with Crippen LogP contribution >= 0.6 is 15.9 Å². The summed E-state index contributed by atoms with van der Waals surface area (Å²) in [6, 6.07) is 3.57. The summed E-state index contributed by atoms with van der Waals surface area (Å²) in [5.74, 6) is 0.469. The first-order chi connectivity index (χ1) is 8.66. The summed E-state index contributed by atoms with van der Waals surface area (Å²) in [5.41, 5.74) is 0.623. The summed E-state index contributed by atoms with van der Waals surface area (Å²) < 4.78 is 6.17. The lowest BCUT2D eigenvalue weighted by Gasteiger charge is -2.27. The minimum atomic E-state index is 0.0144. The molecule has 1 fully saturated rings. The number of pyridine rings is 1. The molecule has 98 valence electrons. The highest BCUT2D eigenvalue weighted by Crippen LogP contribution is 2.16. The molecule has 1 aliphatic rings. The van der Waals surface area contributed by atoms with Crippen LogP contribution in [-0.4, -0.2) is 42.6 Å². The topological polar surface area (TPSA) is 42.4 Å². The van der Waals surface area contributed by atoms with Crippen LogP contribution in [0.2, 0.25) is 0 Å². The number of rotatable bonds is 3. The zero-order valence-electron chi connectivity index (χ0n) is 10.4. The van der Waals surface area contributed by atoms with Crippen LogP contribution in [0.15, 0.2) is 22.9 Å². The molecule has 2 rings (SSSR count). The Morgan fingerprint density at radius 3 is 3.06 bits per heavy atom. The molecule has 0 spiro atoms. The van der Waals surface area contributed by atoms with Gasteiger partial charge in [0.15, 0.2) is 0 Å². The zero-order valence-corrected chi connectivity index (χ0v) is 12.0. The highest BCUT2D eigenvalue weighted by Gasteiger charge is 2.19. The quantitative estimate of drug-likeness (QED) is 0.805. The Hall–Kier alpha value is -0.940. The molecule has 0 radical (unpaired) electrons. The normalized spacial score (nSPS) is 19.6. The largest absolute Gasteiger partial charge is 0.381 e. The van der Waals surface area contributed by atoms with Crippen LogP contribution in [0.4, 0.5) is 0 Å². The van der Waals surface area contributed by atoms with Crippen molar-refractivity contribution in [3.05, 3.63) is 28.5 Å². The number of hydrogen-bond donors (Lipinski definition) is 0. The third kappa shape index (κ3) is 3.53. The smallest absolute Gasteiger partial charge is 0.255 e. The van der Waals surface area contributed by atoms with Gasteiger partial charge in [-0.2, -0.15) is 0 Å². The molecule has 2 heterocycles. The van der Waals surface area contributed by atoms with E-state index >= 15 is 0 Å². The van der Waals surface area contributed by atoms with E-state index in [9.17, 15) is 4.79 Å². The van der Waals surface area contributed by atoms with Crippen molar-refractivity contribution in [2.75, 3.05) is 26.8 Å². The minimum Gasteiger partial charge on any atom is -0.381 e. The first kappa shape index (κ1) is 13.5. The van der Waals surface area contributed by atoms with E-state index in [1.54, 1.807) is 23.2 Å². The van der Waals surface area contributed by atoms with E-state index in [4.69, 9.17) is 4.74 Å². The Morgan fingerprint density at radius 2 is 2.44 bits per heavy atom. The van der Waals surface area contributed by atoms with Gasteiger partial charge < -0.3 is 9.64 Å². The van der Waals surface area contributed by atoms with Gasteiger partial charge in [-0.25, -0.2) is 4.98 Å². The SMILES string of the molecule is CN(CC1CCCOC1)C(=O)c1ccc(Br)nc1. The van der Waals surface area contributed by atoms with Crippen molar-refractivity contribution in [2.24, 2.45) is 5.92 Å². The number of amides is 1. The summed E-state index contributed by atoms with van der Waals surface area (Å²) in [7, 11) is 1.83. The Kier molecular flexibility index (Phi) is 4.72. The molecule has 0 saturated carbocycles. The molecule has 1 aromatic rings. The van der Waals surface area contributed by atoms with Gasteiger partial charge in [-0.15, -0.1) is 0 Å². The monoisotopic (exact) mass is 312 g/mol. The van der Waals surface area contributed by atoms with Gasteiger partial charge in [0.25, 0.3) is 5.91 Å². The Balaban J connectivity index is 1.93. The standard InChI is InChI=1S/C13H17BrN2O2/c1-16(8-10-3-2-6-18-9-10)13(17)11-4-5-12(14)15-7-11/h4-5,7,10H,2-3,6,8-9H2,1H3. The lowest BCUT2D eigenvalue weighted by Crippen LogP contribution is -2.35. The van der Waals surface area contributed by atoms with Gasteiger partial charge in [0.1, 0.15) is 4.60 Å². The summed E-state index contributed by atoms with van der Waals surface area (Å²) in [6.07, 6.45) is 3.82. The zero-order chi connectivity index (χ0) is 13.0. The van der Waals surface area contributed by atoms with Gasteiger partial charge >= 0.3 is 0 Å². The Morgan fingerprint density at radius 1 is 1.61 bits per heavy atom. The van der Waals surface area contributed by atoms with Crippen molar-refractivity contribution >= 4 is 21.8 Å². The molecular weight excluding hydrogens is 296 g/mol. The molecule has 0 N–H and O–H groups in total. The second-order valence-electron chi connectivity index (χ2n) is 4.64. The number of hydrogen-bond acceptors (Lipinski definition) is 3. The molecule has 5 heteroatoms. The maximum Gasteiger partial charge on any atom is 0.255 e. The van der Waals surface area contributed by atoms with Gasteiger partial charge in [-0.1, -0.05) is 0 Å². The molecule has 1 aliphatic heterocycles. The van der Waals surface area contributed by atoms with E-state index in [1.807, 2.05) is 7.05 Å². The molecule has 1 unspecified atom stereocenters.